The number of amides is 1. The van der Waals surface area contributed by atoms with E-state index in [9.17, 15) is 4.79 Å². The first kappa shape index (κ1) is 20.1. The molecule has 0 bridgehead atoms. The fourth-order valence-corrected chi connectivity index (χ4v) is 3.36. The van der Waals surface area contributed by atoms with Gasteiger partial charge in [-0.3, -0.25) is 10.1 Å². The van der Waals surface area contributed by atoms with Crippen molar-refractivity contribution in [1.82, 2.24) is 10.3 Å². The van der Waals surface area contributed by atoms with Crippen LogP contribution in [0, 0.1) is 0 Å². The van der Waals surface area contributed by atoms with Crippen LogP contribution in [0.2, 0.25) is 5.02 Å². The van der Waals surface area contributed by atoms with Crippen molar-refractivity contribution in [2.45, 2.75) is 13.3 Å². The van der Waals surface area contributed by atoms with Gasteiger partial charge in [-0.25, -0.2) is 4.98 Å². The van der Waals surface area contributed by atoms with Crippen molar-refractivity contribution in [2.24, 2.45) is 0 Å². The maximum absolute atomic E-state index is 12.4. The van der Waals surface area contributed by atoms with Crippen LogP contribution in [0.15, 0.2) is 71.1 Å². The lowest BCUT2D eigenvalue weighted by atomic mass is 10.1. The summed E-state index contributed by atoms with van der Waals surface area (Å²) in [6.45, 7) is 2.07. The largest absolute Gasteiger partial charge is 0.436 e. The molecule has 1 amide bonds. The van der Waals surface area contributed by atoms with Gasteiger partial charge in [0.15, 0.2) is 10.7 Å². The molecule has 0 saturated carbocycles. The molecule has 0 atom stereocenters. The third-order valence-electron chi connectivity index (χ3n) is 4.57. The number of aromatic nitrogens is 1. The number of hydrogen-bond donors (Lipinski definition) is 2. The molecule has 0 aliphatic carbocycles. The zero-order valence-corrected chi connectivity index (χ0v) is 17.7. The number of halogens is 1. The summed E-state index contributed by atoms with van der Waals surface area (Å²) in [4.78, 5) is 16.9. The highest BCUT2D eigenvalue weighted by Gasteiger charge is 2.11. The summed E-state index contributed by atoms with van der Waals surface area (Å²) in [6, 6.07) is 20.2. The number of oxazole rings is 1. The molecule has 3 aromatic carbocycles. The molecule has 30 heavy (non-hydrogen) atoms. The molecule has 7 heteroatoms. The summed E-state index contributed by atoms with van der Waals surface area (Å²) in [5.74, 6) is 0.212. The van der Waals surface area contributed by atoms with Gasteiger partial charge in [0.2, 0.25) is 5.89 Å². The van der Waals surface area contributed by atoms with Gasteiger partial charge < -0.3 is 9.73 Å². The number of fused-ring (bicyclic) bond motifs is 1. The van der Waals surface area contributed by atoms with Gasteiger partial charge in [-0.1, -0.05) is 36.7 Å². The first-order chi connectivity index (χ1) is 14.5. The summed E-state index contributed by atoms with van der Waals surface area (Å²) in [7, 11) is 0. The Morgan fingerprint density at radius 1 is 1.10 bits per heavy atom. The number of nitrogens with one attached hydrogen (secondary N) is 2. The third-order valence-corrected chi connectivity index (χ3v) is 5.01. The average molecular weight is 436 g/mol. The van der Waals surface area contributed by atoms with Crippen LogP contribution in [-0.2, 0) is 6.42 Å². The Kier molecular flexibility index (Phi) is 5.79. The molecular formula is C23H18ClN3O2S. The Hall–Kier alpha value is -3.22. The summed E-state index contributed by atoms with van der Waals surface area (Å²) in [6.07, 6.45) is 0.922. The van der Waals surface area contributed by atoms with E-state index in [1.807, 2.05) is 36.4 Å². The van der Waals surface area contributed by atoms with E-state index in [2.05, 4.69) is 22.5 Å². The summed E-state index contributed by atoms with van der Waals surface area (Å²) in [5, 5.41) is 6.53. The van der Waals surface area contributed by atoms with Gasteiger partial charge in [0.1, 0.15) is 5.52 Å². The Labute approximate surface area is 184 Å². The number of carbonyl (C=O) groups is 1. The molecule has 2 N–H and O–H groups in total. The normalized spacial score (nSPS) is 10.7. The highest BCUT2D eigenvalue weighted by molar-refractivity contribution is 7.80. The molecule has 5 nitrogen and oxygen atoms in total. The Morgan fingerprint density at radius 2 is 1.90 bits per heavy atom. The van der Waals surface area contributed by atoms with Crippen molar-refractivity contribution in [2.75, 3.05) is 5.32 Å². The lowest BCUT2D eigenvalue weighted by molar-refractivity contribution is 0.0977. The zero-order valence-electron chi connectivity index (χ0n) is 16.1. The van der Waals surface area contributed by atoms with Crippen LogP contribution >= 0.6 is 23.8 Å². The minimum absolute atomic E-state index is 0.209. The number of benzene rings is 3. The van der Waals surface area contributed by atoms with Gasteiger partial charge in [0.05, 0.1) is 0 Å². The van der Waals surface area contributed by atoms with Gasteiger partial charge in [0.25, 0.3) is 5.91 Å². The van der Waals surface area contributed by atoms with Gasteiger partial charge in [0, 0.05) is 21.8 Å². The standard InChI is InChI=1S/C23H18ClN3O2S/c1-2-14-6-8-15(9-7-14)21(28)27-23(30)25-18-5-3-4-16(12-18)22-26-19-13-17(24)10-11-20(19)29-22/h3-13H,2H2,1H3,(H2,25,27,28,30). The van der Waals surface area contributed by atoms with Gasteiger partial charge >= 0.3 is 0 Å². The lowest BCUT2D eigenvalue weighted by Crippen LogP contribution is -2.34. The summed E-state index contributed by atoms with van der Waals surface area (Å²) in [5.41, 5.74) is 4.55. The first-order valence-corrected chi connectivity index (χ1v) is 10.2. The SMILES string of the molecule is CCc1ccc(C(=O)NC(=S)Nc2cccc(-c3nc4cc(Cl)ccc4o3)c2)cc1. The summed E-state index contributed by atoms with van der Waals surface area (Å²) >= 11 is 11.3. The van der Waals surface area contributed by atoms with Gasteiger partial charge in [-0.05, 0) is 72.7 Å². The molecule has 4 aromatic rings. The number of thiocarbonyl (C=S) groups is 1. The fourth-order valence-electron chi connectivity index (χ4n) is 2.98. The van der Waals surface area contributed by atoms with E-state index < -0.39 is 0 Å². The van der Waals surface area contributed by atoms with E-state index in [0.29, 0.717) is 33.3 Å². The minimum atomic E-state index is -0.262. The minimum Gasteiger partial charge on any atom is -0.436 e. The highest BCUT2D eigenvalue weighted by Crippen LogP contribution is 2.27. The van der Waals surface area contributed by atoms with Crippen LogP contribution in [0.1, 0.15) is 22.8 Å². The van der Waals surface area contributed by atoms with Crippen molar-refractivity contribution in [1.29, 1.82) is 0 Å². The number of carbonyl (C=O) groups excluding carboxylic acids is 1. The molecule has 1 heterocycles. The Morgan fingerprint density at radius 3 is 2.67 bits per heavy atom. The number of nitrogens with zero attached hydrogens (tertiary/aromatic N) is 1. The molecule has 4 rings (SSSR count). The van der Waals surface area contributed by atoms with Crippen LogP contribution < -0.4 is 10.6 Å². The molecule has 1 aromatic heterocycles. The molecular weight excluding hydrogens is 418 g/mol. The maximum atomic E-state index is 12.4. The van der Waals surface area contributed by atoms with Crippen molar-refractivity contribution < 1.29 is 9.21 Å². The van der Waals surface area contributed by atoms with Crippen molar-refractivity contribution in [3.8, 4) is 11.5 Å². The van der Waals surface area contributed by atoms with Crippen LogP contribution in [0.5, 0.6) is 0 Å². The second-order valence-corrected chi connectivity index (χ2v) is 7.52. The third kappa shape index (κ3) is 4.50. The zero-order chi connectivity index (χ0) is 21.1. The second kappa shape index (κ2) is 8.65. The monoisotopic (exact) mass is 435 g/mol. The molecule has 0 radical (unpaired) electrons. The molecule has 0 spiro atoms. The highest BCUT2D eigenvalue weighted by atomic mass is 35.5. The van der Waals surface area contributed by atoms with Gasteiger partial charge in [-0.2, -0.15) is 0 Å². The molecule has 150 valence electrons. The topological polar surface area (TPSA) is 67.2 Å². The molecule has 0 aliphatic heterocycles. The van der Waals surface area contributed by atoms with Crippen LogP contribution in [-0.4, -0.2) is 16.0 Å². The van der Waals surface area contributed by atoms with Crippen molar-refractivity contribution >= 4 is 51.6 Å². The number of hydrogen-bond acceptors (Lipinski definition) is 4. The fraction of sp³-hybridized carbons (Fsp3) is 0.0870. The van der Waals surface area contributed by atoms with Gasteiger partial charge in [-0.15, -0.1) is 0 Å². The Bertz CT molecular complexity index is 1230. The average Bonchev–Trinajstić information content (AvgIpc) is 3.17. The number of aryl methyl sites for hydroxylation is 1. The smallest absolute Gasteiger partial charge is 0.257 e. The number of anilines is 1. The van der Waals surface area contributed by atoms with E-state index in [-0.39, 0.29) is 11.0 Å². The molecule has 0 unspecified atom stereocenters. The maximum Gasteiger partial charge on any atom is 0.257 e. The first-order valence-electron chi connectivity index (χ1n) is 9.39. The molecule has 0 aliphatic rings. The second-order valence-electron chi connectivity index (χ2n) is 6.67. The van der Waals surface area contributed by atoms with Crippen molar-refractivity contribution in [3.05, 3.63) is 82.9 Å². The predicted octanol–water partition coefficient (Wildman–Crippen LogP) is 5.84. The van der Waals surface area contributed by atoms with E-state index in [4.69, 9.17) is 28.2 Å². The van der Waals surface area contributed by atoms with Crippen molar-refractivity contribution in [3.63, 3.8) is 0 Å². The summed E-state index contributed by atoms with van der Waals surface area (Å²) < 4.78 is 5.81. The lowest BCUT2D eigenvalue weighted by Gasteiger charge is -2.10. The quantitative estimate of drug-likeness (QED) is 0.394. The van der Waals surface area contributed by atoms with E-state index in [1.54, 1.807) is 30.3 Å². The van der Waals surface area contributed by atoms with Crippen LogP contribution in [0.25, 0.3) is 22.6 Å². The Balaban J connectivity index is 1.46. The van der Waals surface area contributed by atoms with Crippen LogP contribution in [0.4, 0.5) is 5.69 Å². The molecule has 0 fully saturated rings. The van der Waals surface area contributed by atoms with E-state index >= 15 is 0 Å². The van der Waals surface area contributed by atoms with E-state index in [1.165, 1.54) is 5.56 Å². The van der Waals surface area contributed by atoms with E-state index in [0.717, 1.165) is 12.0 Å². The molecule has 0 saturated heterocycles. The number of rotatable bonds is 4. The predicted molar refractivity (Wildman–Crippen MR) is 124 cm³/mol. The van der Waals surface area contributed by atoms with Crippen LogP contribution in [0.3, 0.4) is 0 Å².